The molecule has 0 saturated carbocycles. The molecule has 1 N–H and O–H groups in total. The molecule has 1 heterocycles. The standard InChI is InChI=1S/C12H26N2O2S/c1-12(2)13-8-11-17(15,16)14-9-6-4-3-5-7-10-14/h12-13H,3-11H2,1-2H3. The summed E-state index contributed by atoms with van der Waals surface area (Å²) in [4.78, 5) is 0. The predicted octanol–water partition coefficient (Wildman–Crippen LogP) is 1.58. The minimum absolute atomic E-state index is 0.227. The second-order valence-electron chi connectivity index (χ2n) is 5.09. The Hall–Kier alpha value is -0.130. The highest BCUT2D eigenvalue weighted by Gasteiger charge is 2.21. The molecule has 4 nitrogen and oxygen atoms in total. The summed E-state index contributed by atoms with van der Waals surface area (Å²) >= 11 is 0. The van der Waals surface area contributed by atoms with Gasteiger partial charge in [-0.1, -0.05) is 33.1 Å². The maximum atomic E-state index is 12.1. The molecule has 0 spiro atoms. The molecule has 102 valence electrons. The number of hydrogen-bond donors (Lipinski definition) is 1. The first-order valence-electron chi connectivity index (χ1n) is 6.73. The van der Waals surface area contributed by atoms with Gasteiger partial charge < -0.3 is 5.32 Å². The molecule has 17 heavy (non-hydrogen) atoms. The lowest BCUT2D eigenvalue weighted by molar-refractivity contribution is 0.363. The van der Waals surface area contributed by atoms with Gasteiger partial charge in [-0.25, -0.2) is 12.7 Å². The van der Waals surface area contributed by atoms with E-state index in [1.54, 1.807) is 4.31 Å². The lowest BCUT2D eigenvalue weighted by Crippen LogP contribution is -2.39. The van der Waals surface area contributed by atoms with Crippen LogP contribution in [0.4, 0.5) is 0 Å². The molecule has 0 unspecified atom stereocenters. The van der Waals surface area contributed by atoms with Crippen molar-refractivity contribution in [1.82, 2.24) is 9.62 Å². The predicted molar refractivity (Wildman–Crippen MR) is 71.6 cm³/mol. The van der Waals surface area contributed by atoms with Crippen molar-refractivity contribution < 1.29 is 8.42 Å². The van der Waals surface area contributed by atoms with Crippen molar-refractivity contribution in [2.24, 2.45) is 0 Å². The van der Waals surface area contributed by atoms with Crippen LogP contribution < -0.4 is 5.32 Å². The highest BCUT2D eigenvalue weighted by atomic mass is 32.2. The van der Waals surface area contributed by atoms with Crippen LogP contribution in [0.1, 0.15) is 46.0 Å². The minimum atomic E-state index is -3.05. The van der Waals surface area contributed by atoms with Gasteiger partial charge in [0.15, 0.2) is 0 Å². The van der Waals surface area contributed by atoms with Crippen LogP contribution in [0.2, 0.25) is 0 Å². The summed E-state index contributed by atoms with van der Waals surface area (Å²) < 4.78 is 25.9. The Labute approximate surface area is 106 Å². The lowest BCUT2D eigenvalue weighted by Gasteiger charge is -2.24. The van der Waals surface area contributed by atoms with E-state index in [1.807, 2.05) is 13.8 Å². The van der Waals surface area contributed by atoms with Gasteiger partial charge in [-0.3, -0.25) is 0 Å². The van der Waals surface area contributed by atoms with Crippen molar-refractivity contribution in [2.75, 3.05) is 25.4 Å². The molecule has 1 aliphatic rings. The molecule has 1 fully saturated rings. The fraction of sp³-hybridized carbons (Fsp3) is 1.00. The van der Waals surface area contributed by atoms with Crippen molar-refractivity contribution in [1.29, 1.82) is 0 Å². The SMILES string of the molecule is CC(C)NCCS(=O)(=O)N1CCCCCCC1. The molecule has 0 aromatic heterocycles. The van der Waals surface area contributed by atoms with Crippen LogP contribution in [0.15, 0.2) is 0 Å². The van der Waals surface area contributed by atoms with Crippen molar-refractivity contribution in [3.8, 4) is 0 Å². The summed E-state index contributed by atoms with van der Waals surface area (Å²) in [5.41, 5.74) is 0. The Kier molecular flexibility index (Phi) is 6.44. The largest absolute Gasteiger partial charge is 0.313 e. The number of rotatable bonds is 5. The second kappa shape index (κ2) is 7.34. The van der Waals surface area contributed by atoms with Gasteiger partial charge in [0.25, 0.3) is 0 Å². The summed E-state index contributed by atoms with van der Waals surface area (Å²) in [7, 11) is -3.05. The third kappa shape index (κ3) is 5.84. The van der Waals surface area contributed by atoms with Crippen molar-refractivity contribution in [2.45, 2.75) is 52.0 Å². The van der Waals surface area contributed by atoms with E-state index >= 15 is 0 Å². The van der Waals surface area contributed by atoms with E-state index in [4.69, 9.17) is 0 Å². The Morgan fingerprint density at radius 3 is 2.12 bits per heavy atom. The van der Waals surface area contributed by atoms with Crippen LogP contribution in [0.5, 0.6) is 0 Å². The van der Waals surface area contributed by atoms with E-state index in [2.05, 4.69) is 5.32 Å². The average Bonchev–Trinajstić information content (AvgIpc) is 2.14. The Morgan fingerprint density at radius 1 is 1.06 bits per heavy atom. The van der Waals surface area contributed by atoms with Crippen molar-refractivity contribution >= 4 is 10.0 Å². The van der Waals surface area contributed by atoms with Gasteiger partial charge >= 0.3 is 0 Å². The number of nitrogens with zero attached hydrogens (tertiary/aromatic N) is 1. The maximum Gasteiger partial charge on any atom is 0.215 e. The summed E-state index contributed by atoms with van der Waals surface area (Å²) in [6, 6.07) is 0.345. The molecule has 0 aromatic carbocycles. The van der Waals surface area contributed by atoms with Crippen LogP contribution in [-0.2, 0) is 10.0 Å². The van der Waals surface area contributed by atoms with Gasteiger partial charge in [0.05, 0.1) is 5.75 Å². The zero-order valence-electron chi connectivity index (χ0n) is 11.1. The molecule has 1 aliphatic heterocycles. The van der Waals surface area contributed by atoms with Gasteiger partial charge in [-0.2, -0.15) is 0 Å². The first-order valence-corrected chi connectivity index (χ1v) is 8.34. The molecule has 0 aromatic rings. The molecular formula is C12H26N2O2S. The third-order valence-corrected chi connectivity index (χ3v) is 4.99. The molecule has 1 rings (SSSR count). The van der Waals surface area contributed by atoms with E-state index in [-0.39, 0.29) is 5.75 Å². The Balaban J connectivity index is 2.43. The van der Waals surface area contributed by atoms with E-state index in [1.165, 1.54) is 6.42 Å². The molecule has 0 radical (unpaired) electrons. The normalized spacial score (nSPS) is 20.2. The van der Waals surface area contributed by atoms with Crippen molar-refractivity contribution in [3.05, 3.63) is 0 Å². The fourth-order valence-corrected chi connectivity index (χ4v) is 3.55. The smallest absolute Gasteiger partial charge is 0.215 e. The lowest BCUT2D eigenvalue weighted by atomic mass is 10.1. The number of hydrogen-bond acceptors (Lipinski definition) is 3. The first kappa shape index (κ1) is 14.9. The molecule has 0 amide bonds. The van der Waals surface area contributed by atoms with E-state index < -0.39 is 10.0 Å². The monoisotopic (exact) mass is 262 g/mol. The van der Waals surface area contributed by atoms with Crippen LogP contribution in [-0.4, -0.2) is 44.2 Å². The molecule has 0 aliphatic carbocycles. The maximum absolute atomic E-state index is 12.1. The summed E-state index contributed by atoms with van der Waals surface area (Å²) in [6.45, 7) is 6.04. The Bertz CT molecular complexity index is 294. The summed E-state index contributed by atoms with van der Waals surface area (Å²) in [5.74, 6) is 0.227. The first-order chi connectivity index (χ1) is 8.02. The number of sulfonamides is 1. The molecule has 0 bridgehead atoms. The van der Waals surface area contributed by atoms with Crippen LogP contribution in [0, 0.1) is 0 Å². The minimum Gasteiger partial charge on any atom is -0.313 e. The quantitative estimate of drug-likeness (QED) is 0.818. The van der Waals surface area contributed by atoms with Crippen LogP contribution in [0.25, 0.3) is 0 Å². The van der Waals surface area contributed by atoms with E-state index in [9.17, 15) is 8.42 Å². The zero-order valence-corrected chi connectivity index (χ0v) is 11.9. The van der Waals surface area contributed by atoms with Gasteiger partial charge in [-0.15, -0.1) is 0 Å². The van der Waals surface area contributed by atoms with Crippen LogP contribution in [0.3, 0.4) is 0 Å². The second-order valence-corrected chi connectivity index (χ2v) is 7.18. The van der Waals surface area contributed by atoms with Gasteiger partial charge in [-0.05, 0) is 12.8 Å². The zero-order chi connectivity index (χ0) is 12.7. The highest BCUT2D eigenvalue weighted by Crippen LogP contribution is 2.13. The average molecular weight is 262 g/mol. The summed E-state index contributed by atoms with van der Waals surface area (Å²) in [5, 5.41) is 3.16. The van der Waals surface area contributed by atoms with Gasteiger partial charge in [0.2, 0.25) is 10.0 Å². The number of nitrogens with one attached hydrogen (secondary N) is 1. The molecular weight excluding hydrogens is 236 g/mol. The fourth-order valence-electron chi connectivity index (χ4n) is 2.10. The molecule has 5 heteroatoms. The van der Waals surface area contributed by atoms with Gasteiger partial charge in [0.1, 0.15) is 0 Å². The molecule has 1 saturated heterocycles. The Morgan fingerprint density at radius 2 is 1.59 bits per heavy atom. The van der Waals surface area contributed by atoms with Crippen LogP contribution >= 0.6 is 0 Å². The summed E-state index contributed by atoms with van der Waals surface area (Å²) in [6.07, 6.45) is 5.60. The highest BCUT2D eigenvalue weighted by molar-refractivity contribution is 7.89. The molecule has 0 atom stereocenters. The topological polar surface area (TPSA) is 49.4 Å². The van der Waals surface area contributed by atoms with E-state index in [0.717, 1.165) is 25.7 Å². The van der Waals surface area contributed by atoms with E-state index in [0.29, 0.717) is 25.7 Å². The van der Waals surface area contributed by atoms with Gasteiger partial charge in [0, 0.05) is 25.7 Å². The van der Waals surface area contributed by atoms with Crippen molar-refractivity contribution in [3.63, 3.8) is 0 Å². The third-order valence-electron chi connectivity index (χ3n) is 3.12.